The van der Waals surface area contributed by atoms with Crippen LogP contribution in [0.1, 0.15) is 18.5 Å². The SMILES string of the molecule is C[C@H](N)c1ccccc1N1CCN(c2nccs2)CC1. The van der Waals surface area contributed by atoms with Crippen molar-refractivity contribution in [2.75, 3.05) is 36.0 Å². The van der Waals surface area contributed by atoms with Crippen LogP contribution >= 0.6 is 11.3 Å². The molecule has 2 N–H and O–H groups in total. The molecule has 3 rings (SSSR count). The van der Waals surface area contributed by atoms with Crippen LogP contribution < -0.4 is 15.5 Å². The van der Waals surface area contributed by atoms with Crippen LogP contribution in [0.25, 0.3) is 0 Å². The lowest BCUT2D eigenvalue weighted by Gasteiger charge is -2.37. The molecule has 1 saturated heterocycles. The first kappa shape index (κ1) is 13.4. The Kier molecular flexibility index (Phi) is 3.89. The number of benzene rings is 1. The molecule has 0 amide bonds. The number of rotatable bonds is 3. The first-order valence-electron chi connectivity index (χ1n) is 6.99. The van der Waals surface area contributed by atoms with Crippen LogP contribution in [-0.2, 0) is 0 Å². The van der Waals surface area contributed by atoms with E-state index < -0.39 is 0 Å². The van der Waals surface area contributed by atoms with Gasteiger partial charge in [0.2, 0.25) is 0 Å². The Balaban J connectivity index is 1.72. The smallest absolute Gasteiger partial charge is 0.185 e. The van der Waals surface area contributed by atoms with Gasteiger partial charge in [-0.15, -0.1) is 11.3 Å². The fourth-order valence-electron chi connectivity index (χ4n) is 2.67. The average Bonchev–Trinajstić information content (AvgIpc) is 3.02. The van der Waals surface area contributed by atoms with Gasteiger partial charge in [-0.25, -0.2) is 4.98 Å². The largest absolute Gasteiger partial charge is 0.368 e. The molecule has 0 bridgehead atoms. The van der Waals surface area contributed by atoms with Crippen LogP contribution in [0.15, 0.2) is 35.8 Å². The first-order chi connectivity index (χ1) is 9.75. The number of anilines is 2. The third-order valence-electron chi connectivity index (χ3n) is 3.74. The molecule has 1 aromatic heterocycles. The van der Waals surface area contributed by atoms with Gasteiger partial charge in [0, 0.05) is 49.5 Å². The molecule has 1 atom stereocenters. The van der Waals surface area contributed by atoms with Crippen LogP contribution in [-0.4, -0.2) is 31.2 Å². The van der Waals surface area contributed by atoms with Crippen molar-refractivity contribution in [3.8, 4) is 0 Å². The molecule has 1 aliphatic rings. The molecule has 2 heterocycles. The summed E-state index contributed by atoms with van der Waals surface area (Å²) in [6.45, 7) is 6.11. The van der Waals surface area contributed by atoms with Gasteiger partial charge in [-0.05, 0) is 18.6 Å². The quantitative estimate of drug-likeness (QED) is 0.942. The highest BCUT2D eigenvalue weighted by molar-refractivity contribution is 7.13. The summed E-state index contributed by atoms with van der Waals surface area (Å²) in [5, 5.41) is 3.16. The minimum atomic E-state index is 0.0724. The van der Waals surface area contributed by atoms with Crippen LogP contribution in [0.4, 0.5) is 10.8 Å². The third-order valence-corrected chi connectivity index (χ3v) is 4.57. The molecule has 0 saturated carbocycles. The van der Waals surface area contributed by atoms with E-state index in [0.717, 1.165) is 31.3 Å². The van der Waals surface area contributed by atoms with Crippen LogP contribution in [0.3, 0.4) is 0 Å². The second-order valence-corrected chi connectivity index (χ2v) is 6.01. The fraction of sp³-hybridized carbons (Fsp3) is 0.400. The van der Waals surface area contributed by atoms with Gasteiger partial charge < -0.3 is 15.5 Å². The zero-order valence-electron chi connectivity index (χ0n) is 11.7. The van der Waals surface area contributed by atoms with E-state index in [2.05, 4.69) is 39.0 Å². The van der Waals surface area contributed by atoms with Gasteiger partial charge in [-0.3, -0.25) is 0 Å². The van der Waals surface area contributed by atoms with Crippen LogP contribution in [0.5, 0.6) is 0 Å². The molecule has 20 heavy (non-hydrogen) atoms. The summed E-state index contributed by atoms with van der Waals surface area (Å²) in [5.41, 5.74) is 8.59. The van der Waals surface area contributed by atoms with E-state index in [1.165, 1.54) is 11.3 Å². The number of aromatic nitrogens is 1. The molecular weight excluding hydrogens is 268 g/mol. The van der Waals surface area contributed by atoms with Gasteiger partial charge in [-0.2, -0.15) is 0 Å². The van der Waals surface area contributed by atoms with Crippen molar-refractivity contribution in [2.24, 2.45) is 5.73 Å². The number of thiazole rings is 1. The minimum Gasteiger partial charge on any atom is -0.368 e. The number of hydrogen-bond donors (Lipinski definition) is 1. The second-order valence-electron chi connectivity index (χ2n) is 5.14. The average molecular weight is 288 g/mol. The number of piperazine rings is 1. The molecule has 0 spiro atoms. The van der Waals surface area contributed by atoms with Crippen molar-refractivity contribution in [2.45, 2.75) is 13.0 Å². The van der Waals surface area contributed by atoms with Crippen molar-refractivity contribution in [1.29, 1.82) is 0 Å². The highest BCUT2D eigenvalue weighted by atomic mass is 32.1. The summed E-state index contributed by atoms with van der Waals surface area (Å²) in [6, 6.07) is 8.54. The molecule has 4 nitrogen and oxygen atoms in total. The maximum absolute atomic E-state index is 6.08. The van der Waals surface area contributed by atoms with E-state index in [1.54, 1.807) is 11.3 Å². The first-order valence-corrected chi connectivity index (χ1v) is 7.87. The van der Waals surface area contributed by atoms with Crippen molar-refractivity contribution in [3.63, 3.8) is 0 Å². The third kappa shape index (κ3) is 2.64. The monoisotopic (exact) mass is 288 g/mol. The maximum atomic E-state index is 6.08. The summed E-state index contributed by atoms with van der Waals surface area (Å²) < 4.78 is 0. The van der Waals surface area contributed by atoms with Crippen molar-refractivity contribution >= 4 is 22.2 Å². The Morgan fingerprint density at radius 3 is 2.50 bits per heavy atom. The Morgan fingerprint density at radius 2 is 1.85 bits per heavy atom. The van der Waals surface area contributed by atoms with Gasteiger partial charge in [0.05, 0.1) is 0 Å². The molecule has 1 fully saturated rings. The lowest BCUT2D eigenvalue weighted by atomic mass is 10.1. The van der Waals surface area contributed by atoms with Crippen molar-refractivity contribution in [3.05, 3.63) is 41.4 Å². The molecule has 0 aliphatic carbocycles. The normalized spacial score (nSPS) is 17.3. The van der Waals surface area contributed by atoms with Gasteiger partial charge in [-0.1, -0.05) is 18.2 Å². The summed E-state index contributed by atoms with van der Waals surface area (Å²) in [4.78, 5) is 9.18. The van der Waals surface area contributed by atoms with E-state index in [1.807, 2.05) is 18.5 Å². The lowest BCUT2D eigenvalue weighted by Crippen LogP contribution is -2.47. The Bertz CT molecular complexity index is 545. The van der Waals surface area contributed by atoms with E-state index in [0.29, 0.717) is 0 Å². The molecule has 0 radical (unpaired) electrons. The molecule has 106 valence electrons. The van der Waals surface area contributed by atoms with E-state index in [9.17, 15) is 0 Å². The number of para-hydroxylation sites is 1. The van der Waals surface area contributed by atoms with Gasteiger partial charge in [0.1, 0.15) is 0 Å². The summed E-state index contributed by atoms with van der Waals surface area (Å²) in [7, 11) is 0. The zero-order chi connectivity index (χ0) is 13.9. The number of nitrogens with zero attached hydrogens (tertiary/aromatic N) is 3. The Labute approximate surface area is 123 Å². The van der Waals surface area contributed by atoms with E-state index in [4.69, 9.17) is 5.73 Å². The standard InChI is InChI=1S/C15H20N4S/c1-12(16)13-4-2-3-5-14(13)18-7-9-19(10-8-18)15-17-6-11-20-15/h2-6,11-12H,7-10,16H2,1H3/t12-/m0/s1. The van der Waals surface area contributed by atoms with E-state index in [-0.39, 0.29) is 6.04 Å². The highest BCUT2D eigenvalue weighted by Gasteiger charge is 2.21. The number of hydrogen-bond acceptors (Lipinski definition) is 5. The molecule has 1 aliphatic heterocycles. The fourth-order valence-corrected chi connectivity index (χ4v) is 3.37. The van der Waals surface area contributed by atoms with Gasteiger partial charge in [0.25, 0.3) is 0 Å². The molecule has 1 aromatic carbocycles. The van der Waals surface area contributed by atoms with Gasteiger partial charge in [0.15, 0.2) is 5.13 Å². The van der Waals surface area contributed by atoms with Crippen LogP contribution in [0, 0.1) is 0 Å². The predicted molar refractivity (Wildman–Crippen MR) is 85.6 cm³/mol. The van der Waals surface area contributed by atoms with Gasteiger partial charge >= 0.3 is 0 Å². The van der Waals surface area contributed by atoms with Crippen molar-refractivity contribution in [1.82, 2.24) is 4.98 Å². The predicted octanol–water partition coefficient (Wildman–Crippen LogP) is 2.49. The minimum absolute atomic E-state index is 0.0724. The molecule has 2 aromatic rings. The summed E-state index contributed by atoms with van der Waals surface area (Å²) in [5.74, 6) is 0. The Morgan fingerprint density at radius 1 is 1.15 bits per heavy atom. The summed E-state index contributed by atoms with van der Waals surface area (Å²) in [6.07, 6.45) is 1.87. The second kappa shape index (κ2) is 5.81. The number of nitrogens with two attached hydrogens (primary N) is 1. The Hall–Kier alpha value is -1.59. The lowest BCUT2D eigenvalue weighted by molar-refractivity contribution is 0.646. The van der Waals surface area contributed by atoms with Crippen LogP contribution in [0.2, 0.25) is 0 Å². The molecule has 5 heteroatoms. The topological polar surface area (TPSA) is 45.4 Å². The highest BCUT2D eigenvalue weighted by Crippen LogP contribution is 2.27. The van der Waals surface area contributed by atoms with E-state index >= 15 is 0 Å². The zero-order valence-corrected chi connectivity index (χ0v) is 12.5. The maximum Gasteiger partial charge on any atom is 0.185 e. The molecular formula is C15H20N4S. The summed E-state index contributed by atoms with van der Waals surface area (Å²) >= 11 is 1.71. The van der Waals surface area contributed by atoms with Crippen molar-refractivity contribution < 1.29 is 0 Å². The molecule has 0 unspecified atom stereocenters.